The van der Waals surface area contributed by atoms with Crippen molar-refractivity contribution in [1.82, 2.24) is 10.2 Å². The molecule has 1 aliphatic heterocycles. The van der Waals surface area contributed by atoms with Crippen LogP contribution in [0.1, 0.15) is 12.5 Å². The summed E-state index contributed by atoms with van der Waals surface area (Å²) in [5.41, 5.74) is 1.45. The Morgan fingerprint density at radius 2 is 1.89 bits per heavy atom. The average Bonchev–Trinajstić information content (AvgIpc) is 2.28. The Labute approximate surface area is 112 Å². The van der Waals surface area contributed by atoms with Crippen molar-refractivity contribution in [2.45, 2.75) is 39.2 Å². The molecule has 0 amide bonds. The van der Waals surface area contributed by atoms with Crippen LogP contribution in [0.5, 0.6) is 0 Å². The Bertz CT molecular complexity index is 380. The van der Waals surface area contributed by atoms with Crippen molar-refractivity contribution in [2.75, 3.05) is 19.6 Å². The van der Waals surface area contributed by atoms with Gasteiger partial charge in [-0.1, -0.05) is 49.1 Å². The molecule has 100 valence electrons. The van der Waals surface area contributed by atoms with Gasteiger partial charge in [0.2, 0.25) is 0 Å². The van der Waals surface area contributed by atoms with Gasteiger partial charge in [0.05, 0.1) is 8.07 Å². The Hall–Kier alpha value is -0.643. The third-order valence-corrected chi connectivity index (χ3v) is 5.74. The highest BCUT2D eigenvalue weighted by atomic mass is 28.3. The van der Waals surface area contributed by atoms with Gasteiger partial charge < -0.3 is 5.32 Å². The second-order valence-electron chi connectivity index (χ2n) is 6.54. The first kappa shape index (κ1) is 13.8. The predicted octanol–water partition coefficient (Wildman–Crippen LogP) is 2.03. The topological polar surface area (TPSA) is 15.3 Å². The van der Waals surface area contributed by atoms with Crippen LogP contribution in [-0.4, -0.2) is 38.6 Å². The highest BCUT2D eigenvalue weighted by Gasteiger charge is 2.17. The average molecular weight is 262 g/mol. The van der Waals surface area contributed by atoms with Crippen LogP contribution in [0.15, 0.2) is 24.3 Å². The Kier molecular flexibility index (Phi) is 4.25. The van der Waals surface area contributed by atoms with Crippen molar-refractivity contribution in [3.63, 3.8) is 0 Å². The normalized spacial score (nSPS) is 22.1. The van der Waals surface area contributed by atoms with E-state index >= 15 is 0 Å². The molecule has 1 heterocycles. The van der Waals surface area contributed by atoms with Gasteiger partial charge in [-0.3, -0.25) is 4.90 Å². The molecule has 0 bridgehead atoms. The summed E-state index contributed by atoms with van der Waals surface area (Å²) in [6, 6.07) is 9.95. The quantitative estimate of drug-likeness (QED) is 0.839. The van der Waals surface area contributed by atoms with E-state index in [1.807, 2.05) is 0 Å². The fraction of sp³-hybridized carbons (Fsp3) is 0.600. The summed E-state index contributed by atoms with van der Waals surface area (Å²) in [4.78, 5) is 2.55. The molecule has 1 aromatic carbocycles. The predicted molar refractivity (Wildman–Crippen MR) is 82.2 cm³/mol. The Balaban J connectivity index is 1.98. The second kappa shape index (κ2) is 5.55. The highest BCUT2D eigenvalue weighted by Crippen LogP contribution is 2.09. The van der Waals surface area contributed by atoms with Gasteiger partial charge >= 0.3 is 0 Å². The van der Waals surface area contributed by atoms with E-state index in [1.165, 1.54) is 12.1 Å². The highest BCUT2D eigenvalue weighted by molar-refractivity contribution is 6.88. The van der Waals surface area contributed by atoms with E-state index in [4.69, 9.17) is 0 Å². The van der Waals surface area contributed by atoms with Crippen LogP contribution in [0.4, 0.5) is 0 Å². The molecule has 1 aromatic rings. The van der Waals surface area contributed by atoms with Gasteiger partial charge in [0, 0.05) is 32.2 Å². The van der Waals surface area contributed by atoms with Crippen molar-refractivity contribution in [3.05, 3.63) is 29.8 Å². The molecule has 0 spiro atoms. The largest absolute Gasteiger partial charge is 0.312 e. The first-order valence-electron chi connectivity index (χ1n) is 7.00. The lowest BCUT2D eigenvalue weighted by Gasteiger charge is -2.31. The lowest BCUT2D eigenvalue weighted by molar-refractivity contribution is 0.199. The van der Waals surface area contributed by atoms with E-state index in [2.05, 4.69) is 61.0 Å². The third-order valence-electron chi connectivity index (χ3n) is 3.68. The maximum atomic E-state index is 3.49. The molecule has 1 fully saturated rings. The molecule has 1 N–H and O–H groups in total. The van der Waals surface area contributed by atoms with E-state index < -0.39 is 8.07 Å². The van der Waals surface area contributed by atoms with Crippen molar-refractivity contribution in [1.29, 1.82) is 0 Å². The monoisotopic (exact) mass is 262 g/mol. The zero-order chi connectivity index (χ0) is 13.2. The lowest BCUT2D eigenvalue weighted by Crippen LogP contribution is -2.48. The number of nitrogens with one attached hydrogen (secondary N) is 1. The number of hydrogen-bond donors (Lipinski definition) is 1. The maximum Gasteiger partial charge on any atom is 0.0775 e. The van der Waals surface area contributed by atoms with Crippen LogP contribution in [0.25, 0.3) is 0 Å². The van der Waals surface area contributed by atoms with Crippen molar-refractivity contribution < 1.29 is 0 Å². The Morgan fingerprint density at radius 3 is 2.44 bits per heavy atom. The van der Waals surface area contributed by atoms with Crippen LogP contribution in [0.2, 0.25) is 19.6 Å². The number of hydrogen-bond acceptors (Lipinski definition) is 2. The van der Waals surface area contributed by atoms with E-state index in [-0.39, 0.29) is 0 Å². The molecule has 1 saturated heterocycles. The third kappa shape index (κ3) is 3.67. The van der Waals surface area contributed by atoms with Crippen LogP contribution < -0.4 is 10.5 Å². The zero-order valence-corrected chi connectivity index (χ0v) is 13.2. The molecule has 0 unspecified atom stereocenters. The van der Waals surface area contributed by atoms with E-state index in [1.54, 1.807) is 5.19 Å². The summed E-state index contributed by atoms with van der Waals surface area (Å²) in [5.74, 6) is 0. The number of benzene rings is 1. The van der Waals surface area contributed by atoms with Gasteiger partial charge in [-0.25, -0.2) is 0 Å². The summed E-state index contributed by atoms with van der Waals surface area (Å²) in [5, 5.41) is 5.05. The second-order valence-corrected chi connectivity index (χ2v) is 11.6. The van der Waals surface area contributed by atoms with E-state index in [0.29, 0.717) is 6.04 Å². The fourth-order valence-electron chi connectivity index (χ4n) is 2.52. The van der Waals surface area contributed by atoms with Crippen molar-refractivity contribution in [3.8, 4) is 0 Å². The number of rotatable bonds is 3. The number of piperazine rings is 1. The Morgan fingerprint density at radius 1 is 1.22 bits per heavy atom. The zero-order valence-electron chi connectivity index (χ0n) is 12.2. The summed E-state index contributed by atoms with van der Waals surface area (Å²) < 4.78 is 0. The summed E-state index contributed by atoms with van der Waals surface area (Å²) in [7, 11) is -1.14. The van der Waals surface area contributed by atoms with Gasteiger partial charge in [-0.05, 0) is 12.5 Å². The molecular formula is C15H26N2Si. The molecule has 0 saturated carbocycles. The van der Waals surface area contributed by atoms with Crippen LogP contribution in [0, 0.1) is 0 Å². The molecule has 1 aliphatic rings. The molecular weight excluding hydrogens is 236 g/mol. The van der Waals surface area contributed by atoms with Crippen LogP contribution >= 0.6 is 0 Å². The van der Waals surface area contributed by atoms with Gasteiger partial charge in [-0.2, -0.15) is 0 Å². The van der Waals surface area contributed by atoms with Gasteiger partial charge in [0.1, 0.15) is 0 Å². The lowest BCUT2D eigenvalue weighted by atomic mass is 10.1. The first-order valence-corrected chi connectivity index (χ1v) is 10.5. The first-order chi connectivity index (χ1) is 8.45. The molecule has 2 rings (SSSR count). The SMILES string of the molecule is C[C@H]1CN(Cc2ccc([Si](C)(C)C)cc2)CCN1. The minimum atomic E-state index is -1.14. The fourth-order valence-corrected chi connectivity index (χ4v) is 3.69. The van der Waals surface area contributed by atoms with Gasteiger partial charge in [0.15, 0.2) is 0 Å². The summed E-state index contributed by atoms with van der Waals surface area (Å²) in [6.45, 7) is 14.0. The summed E-state index contributed by atoms with van der Waals surface area (Å²) >= 11 is 0. The molecule has 0 aromatic heterocycles. The molecule has 1 atom stereocenters. The molecule has 0 radical (unpaired) electrons. The van der Waals surface area contributed by atoms with Crippen LogP contribution in [0.3, 0.4) is 0 Å². The molecule has 18 heavy (non-hydrogen) atoms. The standard InChI is InChI=1S/C15H26N2Si/c1-13-11-17(10-9-16-13)12-14-5-7-15(8-6-14)18(2,3)4/h5-8,13,16H,9-12H2,1-4H3/t13-/m0/s1. The smallest absolute Gasteiger partial charge is 0.0775 e. The van der Waals surface area contributed by atoms with Gasteiger partial charge in [0.25, 0.3) is 0 Å². The number of nitrogens with zero attached hydrogens (tertiary/aromatic N) is 1. The summed E-state index contributed by atoms with van der Waals surface area (Å²) in [6.07, 6.45) is 0. The minimum Gasteiger partial charge on any atom is -0.312 e. The van der Waals surface area contributed by atoms with Crippen LogP contribution in [-0.2, 0) is 6.54 Å². The molecule has 2 nitrogen and oxygen atoms in total. The van der Waals surface area contributed by atoms with Crippen molar-refractivity contribution >= 4 is 13.3 Å². The van der Waals surface area contributed by atoms with Crippen molar-refractivity contribution in [2.24, 2.45) is 0 Å². The van der Waals surface area contributed by atoms with Gasteiger partial charge in [-0.15, -0.1) is 0 Å². The van der Waals surface area contributed by atoms with E-state index in [9.17, 15) is 0 Å². The molecule has 0 aliphatic carbocycles. The molecule has 3 heteroatoms. The van der Waals surface area contributed by atoms with E-state index in [0.717, 1.165) is 19.6 Å². The maximum absolute atomic E-state index is 3.49. The minimum absolute atomic E-state index is 0.625.